The van der Waals surface area contributed by atoms with Gasteiger partial charge in [-0.25, -0.2) is 0 Å². The van der Waals surface area contributed by atoms with Crippen LogP contribution in [0.1, 0.15) is 12.5 Å². The van der Waals surface area contributed by atoms with Gasteiger partial charge in [-0.1, -0.05) is 23.2 Å². The predicted molar refractivity (Wildman–Crippen MR) is 78.0 cm³/mol. The van der Waals surface area contributed by atoms with Gasteiger partial charge in [-0.3, -0.25) is 5.10 Å². The molecule has 0 bridgehead atoms. The lowest BCUT2D eigenvalue weighted by Crippen LogP contribution is -1.95. The van der Waals surface area contributed by atoms with E-state index in [4.69, 9.17) is 40.2 Å². The summed E-state index contributed by atoms with van der Waals surface area (Å²) in [6, 6.07) is 3.43. The van der Waals surface area contributed by atoms with Crippen molar-refractivity contribution in [3.63, 3.8) is 0 Å². The molecule has 0 saturated heterocycles. The lowest BCUT2D eigenvalue weighted by Gasteiger charge is -2.08. The fourth-order valence-corrected chi connectivity index (χ4v) is 2.15. The third-order valence-corrected chi connectivity index (χ3v) is 3.02. The second-order valence-corrected chi connectivity index (χ2v) is 4.70. The Bertz CT molecular complexity index is 642. The molecule has 1 aromatic heterocycles. The summed E-state index contributed by atoms with van der Waals surface area (Å²) >= 11 is 17.1. The van der Waals surface area contributed by atoms with Crippen molar-refractivity contribution in [2.45, 2.75) is 6.92 Å². The number of halogens is 2. The number of hydrogen-bond acceptors (Lipinski definition) is 4. The number of H-pyrrole nitrogens is 1. The van der Waals surface area contributed by atoms with Crippen LogP contribution in [0.5, 0.6) is 5.75 Å². The number of nitrogens with zero attached hydrogens (tertiary/aromatic N) is 3. The van der Waals surface area contributed by atoms with Crippen LogP contribution in [0.3, 0.4) is 0 Å². The molecule has 1 heterocycles. The molecule has 0 saturated carbocycles. The van der Waals surface area contributed by atoms with Crippen LogP contribution in [0.2, 0.25) is 10.0 Å². The first-order valence-corrected chi connectivity index (χ1v) is 6.56. The van der Waals surface area contributed by atoms with Gasteiger partial charge in [0.1, 0.15) is 6.33 Å². The van der Waals surface area contributed by atoms with Crippen molar-refractivity contribution < 1.29 is 4.74 Å². The van der Waals surface area contributed by atoms with Crippen LogP contribution in [0.4, 0.5) is 0 Å². The number of hydrogen-bond donors (Lipinski definition) is 1. The number of rotatable bonds is 4. The van der Waals surface area contributed by atoms with Gasteiger partial charge in [0.2, 0.25) is 4.77 Å². The highest BCUT2D eigenvalue weighted by molar-refractivity contribution is 7.71. The lowest BCUT2D eigenvalue weighted by molar-refractivity contribution is 0.340. The number of aromatic nitrogens is 3. The fourth-order valence-electron chi connectivity index (χ4n) is 1.39. The quantitative estimate of drug-likeness (QED) is 0.693. The number of ether oxygens (including phenoxy) is 1. The summed E-state index contributed by atoms with van der Waals surface area (Å²) in [4.78, 5) is 0. The standard InChI is InChI=1S/C11H10Cl2N4OS/c1-2-18-10-8(12)3-7(4-9(10)13)5-15-17-6-14-16-11(17)19/h3-6H,2H2,1H3,(H,16,19)/b15-5-. The van der Waals surface area contributed by atoms with E-state index >= 15 is 0 Å². The van der Waals surface area contributed by atoms with Gasteiger partial charge in [0.15, 0.2) is 5.75 Å². The van der Waals surface area contributed by atoms with E-state index in [9.17, 15) is 0 Å². The lowest BCUT2D eigenvalue weighted by atomic mass is 10.2. The molecule has 2 aromatic rings. The highest BCUT2D eigenvalue weighted by Crippen LogP contribution is 2.33. The van der Waals surface area contributed by atoms with E-state index in [0.717, 1.165) is 5.56 Å². The first kappa shape index (κ1) is 14.0. The van der Waals surface area contributed by atoms with Gasteiger partial charge in [-0.2, -0.15) is 14.9 Å². The van der Waals surface area contributed by atoms with Gasteiger partial charge < -0.3 is 4.74 Å². The average Bonchev–Trinajstić information content (AvgIpc) is 2.77. The SMILES string of the molecule is CCOc1c(Cl)cc(/C=N\n2cn[nH]c2=S)cc1Cl. The summed E-state index contributed by atoms with van der Waals surface area (Å²) in [5.41, 5.74) is 0.738. The van der Waals surface area contributed by atoms with Crippen LogP contribution in [-0.2, 0) is 0 Å². The van der Waals surface area contributed by atoms with Crippen LogP contribution in [-0.4, -0.2) is 27.7 Å². The minimum atomic E-state index is 0.402. The summed E-state index contributed by atoms with van der Waals surface area (Å²) in [6.07, 6.45) is 3.05. The Morgan fingerprint density at radius 2 is 2.16 bits per heavy atom. The molecule has 0 amide bonds. The number of aromatic amines is 1. The van der Waals surface area contributed by atoms with Crippen LogP contribution in [0.15, 0.2) is 23.6 Å². The molecule has 0 atom stereocenters. The zero-order valence-corrected chi connectivity index (χ0v) is 12.3. The van der Waals surface area contributed by atoms with E-state index in [2.05, 4.69) is 15.3 Å². The molecule has 5 nitrogen and oxygen atoms in total. The van der Waals surface area contributed by atoms with Crippen LogP contribution < -0.4 is 4.74 Å². The summed E-state index contributed by atoms with van der Waals surface area (Å²) < 4.78 is 7.17. The highest BCUT2D eigenvalue weighted by Gasteiger charge is 2.08. The minimum absolute atomic E-state index is 0.402. The van der Waals surface area contributed by atoms with Crippen molar-refractivity contribution in [2.24, 2.45) is 5.10 Å². The van der Waals surface area contributed by atoms with Crippen LogP contribution in [0, 0.1) is 4.77 Å². The van der Waals surface area contributed by atoms with Gasteiger partial charge in [0, 0.05) is 0 Å². The maximum absolute atomic E-state index is 6.09. The number of nitrogens with one attached hydrogen (secondary N) is 1. The van der Waals surface area contributed by atoms with E-state index in [1.165, 1.54) is 11.0 Å². The Labute approximate surface area is 124 Å². The predicted octanol–water partition coefficient (Wildman–Crippen LogP) is 3.53. The van der Waals surface area contributed by atoms with Gasteiger partial charge in [0.05, 0.1) is 22.9 Å². The molecule has 0 fully saturated rings. The zero-order chi connectivity index (χ0) is 13.8. The first-order chi connectivity index (χ1) is 9.11. The molecule has 1 aromatic carbocycles. The first-order valence-electron chi connectivity index (χ1n) is 5.40. The van der Waals surface area contributed by atoms with Gasteiger partial charge in [0.25, 0.3) is 0 Å². The number of benzene rings is 1. The van der Waals surface area contributed by atoms with Crippen molar-refractivity contribution in [1.82, 2.24) is 14.9 Å². The Morgan fingerprint density at radius 3 is 2.68 bits per heavy atom. The summed E-state index contributed by atoms with van der Waals surface area (Å²) in [6.45, 7) is 2.36. The second-order valence-electron chi connectivity index (χ2n) is 3.50. The molecule has 8 heteroatoms. The molecule has 19 heavy (non-hydrogen) atoms. The Balaban J connectivity index is 2.30. The third kappa shape index (κ3) is 3.34. The molecule has 1 N–H and O–H groups in total. The average molecular weight is 317 g/mol. The maximum atomic E-state index is 6.09. The second kappa shape index (κ2) is 6.18. The Morgan fingerprint density at radius 1 is 1.47 bits per heavy atom. The van der Waals surface area contributed by atoms with E-state index in [1.807, 2.05) is 6.92 Å². The highest BCUT2D eigenvalue weighted by atomic mass is 35.5. The molecule has 0 aliphatic heterocycles. The maximum Gasteiger partial charge on any atom is 0.216 e. The van der Waals surface area contributed by atoms with E-state index in [-0.39, 0.29) is 0 Å². The van der Waals surface area contributed by atoms with Crippen LogP contribution >= 0.6 is 35.4 Å². The normalized spacial score (nSPS) is 11.1. The Kier molecular flexibility index (Phi) is 4.57. The summed E-state index contributed by atoms with van der Waals surface area (Å²) in [7, 11) is 0. The third-order valence-electron chi connectivity index (χ3n) is 2.18. The summed E-state index contributed by atoms with van der Waals surface area (Å²) in [5.74, 6) is 0.475. The van der Waals surface area contributed by atoms with Crippen molar-refractivity contribution in [1.29, 1.82) is 0 Å². The van der Waals surface area contributed by atoms with Gasteiger partial charge in [-0.15, -0.1) is 0 Å². The van der Waals surface area contributed by atoms with Crippen LogP contribution in [0.25, 0.3) is 0 Å². The van der Waals surface area contributed by atoms with Gasteiger partial charge >= 0.3 is 0 Å². The van der Waals surface area contributed by atoms with E-state index < -0.39 is 0 Å². The van der Waals surface area contributed by atoms with E-state index in [0.29, 0.717) is 27.2 Å². The molecule has 0 radical (unpaired) electrons. The van der Waals surface area contributed by atoms with Crippen molar-refractivity contribution in [3.05, 3.63) is 38.8 Å². The smallest absolute Gasteiger partial charge is 0.216 e. The molecule has 0 aliphatic rings. The molecule has 0 aliphatic carbocycles. The van der Waals surface area contributed by atoms with Crippen molar-refractivity contribution >= 4 is 41.6 Å². The van der Waals surface area contributed by atoms with Gasteiger partial charge in [-0.05, 0) is 36.8 Å². The Hall–Kier alpha value is -1.37. The topological polar surface area (TPSA) is 55.2 Å². The largest absolute Gasteiger partial charge is 0.491 e. The molecular weight excluding hydrogens is 307 g/mol. The van der Waals surface area contributed by atoms with Crippen molar-refractivity contribution in [3.8, 4) is 5.75 Å². The molecule has 2 rings (SSSR count). The monoisotopic (exact) mass is 316 g/mol. The fraction of sp³-hybridized carbons (Fsp3) is 0.182. The molecule has 0 unspecified atom stereocenters. The van der Waals surface area contributed by atoms with Crippen molar-refractivity contribution in [2.75, 3.05) is 6.61 Å². The molecule has 100 valence electrons. The van der Waals surface area contributed by atoms with E-state index in [1.54, 1.807) is 18.3 Å². The summed E-state index contributed by atoms with van der Waals surface area (Å²) in [5, 5.41) is 11.4. The molecular formula is C11H10Cl2N4OS. The molecule has 0 spiro atoms. The zero-order valence-electron chi connectivity index (χ0n) is 9.93. The minimum Gasteiger partial charge on any atom is -0.491 e.